The van der Waals surface area contributed by atoms with Gasteiger partial charge in [0.25, 0.3) is 5.91 Å². The summed E-state index contributed by atoms with van der Waals surface area (Å²) in [7, 11) is 0. The van der Waals surface area contributed by atoms with Crippen molar-refractivity contribution in [3.8, 4) is 28.3 Å². The quantitative estimate of drug-likeness (QED) is 0.712. The van der Waals surface area contributed by atoms with Crippen molar-refractivity contribution in [3.05, 3.63) is 42.2 Å². The van der Waals surface area contributed by atoms with E-state index in [1.54, 1.807) is 6.20 Å². The third kappa shape index (κ3) is 3.12. The zero-order valence-electron chi connectivity index (χ0n) is 16.3. The van der Waals surface area contributed by atoms with Gasteiger partial charge < -0.3 is 20.4 Å². The summed E-state index contributed by atoms with van der Waals surface area (Å²) in [6.07, 6.45) is 6.16. The SMILES string of the molecule is Cc1cc(-c2nc(N)[nH]c2-c2ccc3c(c2)N(C2CCCC2)C(=O)CO3)ccn1. The molecule has 1 aromatic carbocycles. The highest BCUT2D eigenvalue weighted by Gasteiger charge is 2.33. The molecular weight excluding hydrogens is 366 g/mol. The molecule has 148 valence electrons. The number of imidazole rings is 1. The molecule has 0 saturated heterocycles. The van der Waals surface area contributed by atoms with Crippen molar-refractivity contribution >= 4 is 17.5 Å². The minimum absolute atomic E-state index is 0.0238. The van der Waals surface area contributed by atoms with Crippen LogP contribution in [0, 0.1) is 6.92 Å². The Morgan fingerprint density at radius 3 is 2.79 bits per heavy atom. The second-order valence-corrected chi connectivity index (χ2v) is 7.70. The standard InChI is InChI=1S/C22H23N5O2/c1-13-10-15(8-9-24-13)21-20(25-22(23)26-21)14-6-7-18-17(11-14)27(19(28)12-29-18)16-4-2-3-5-16/h6-11,16H,2-5,12H2,1H3,(H3,23,25,26). The Bertz CT molecular complexity index is 1080. The predicted molar refractivity (Wildman–Crippen MR) is 112 cm³/mol. The highest BCUT2D eigenvalue weighted by atomic mass is 16.5. The number of nitrogens with two attached hydrogens (primary N) is 1. The molecule has 0 radical (unpaired) electrons. The number of benzene rings is 1. The Kier molecular flexibility index (Phi) is 4.23. The maximum absolute atomic E-state index is 12.7. The molecule has 0 bridgehead atoms. The number of fused-ring (bicyclic) bond motifs is 1. The summed E-state index contributed by atoms with van der Waals surface area (Å²) in [5, 5.41) is 0. The van der Waals surface area contributed by atoms with Crippen LogP contribution in [0.4, 0.5) is 11.6 Å². The minimum Gasteiger partial charge on any atom is -0.482 e. The van der Waals surface area contributed by atoms with E-state index in [0.29, 0.717) is 5.95 Å². The van der Waals surface area contributed by atoms with Crippen LogP contribution in [0.2, 0.25) is 0 Å². The highest BCUT2D eigenvalue weighted by Crippen LogP contribution is 2.41. The number of aromatic amines is 1. The van der Waals surface area contributed by atoms with Crippen LogP contribution in [0.5, 0.6) is 5.75 Å². The first-order valence-electron chi connectivity index (χ1n) is 9.98. The summed E-state index contributed by atoms with van der Waals surface area (Å²) in [5.41, 5.74) is 11.2. The number of anilines is 2. The van der Waals surface area contributed by atoms with Crippen molar-refractivity contribution in [2.45, 2.75) is 38.6 Å². The molecule has 0 unspecified atom stereocenters. The van der Waals surface area contributed by atoms with Gasteiger partial charge in [0, 0.05) is 29.1 Å². The highest BCUT2D eigenvalue weighted by molar-refractivity contribution is 5.99. The normalized spacial score (nSPS) is 16.7. The second kappa shape index (κ2) is 6.92. The van der Waals surface area contributed by atoms with Crippen LogP contribution in [0.1, 0.15) is 31.4 Å². The van der Waals surface area contributed by atoms with E-state index in [1.807, 2.05) is 42.2 Å². The summed E-state index contributed by atoms with van der Waals surface area (Å²) in [5.74, 6) is 1.12. The van der Waals surface area contributed by atoms with Crippen molar-refractivity contribution in [1.82, 2.24) is 15.0 Å². The van der Waals surface area contributed by atoms with Gasteiger partial charge in [-0.3, -0.25) is 9.78 Å². The minimum atomic E-state index is 0.0238. The van der Waals surface area contributed by atoms with Crippen molar-refractivity contribution < 1.29 is 9.53 Å². The molecule has 1 saturated carbocycles. The number of rotatable bonds is 3. The van der Waals surface area contributed by atoms with Gasteiger partial charge in [0.05, 0.1) is 17.1 Å². The summed E-state index contributed by atoms with van der Waals surface area (Å²) in [6.45, 7) is 2.04. The fourth-order valence-corrected chi connectivity index (χ4v) is 4.39. The van der Waals surface area contributed by atoms with Gasteiger partial charge in [-0.05, 0) is 50.1 Å². The number of carbonyl (C=O) groups is 1. The number of hydrogen-bond donors (Lipinski definition) is 2. The molecule has 0 spiro atoms. The van der Waals surface area contributed by atoms with E-state index in [1.165, 1.54) is 0 Å². The number of carbonyl (C=O) groups excluding carboxylic acids is 1. The van der Waals surface area contributed by atoms with E-state index >= 15 is 0 Å². The van der Waals surface area contributed by atoms with Crippen LogP contribution in [-0.4, -0.2) is 33.5 Å². The number of H-pyrrole nitrogens is 1. The molecule has 3 N–H and O–H groups in total. The topological polar surface area (TPSA) is 97.1 Å². The Morgan fingerprint density at radius 2 is 2.00 bits per heavy atom. The molecule has 7 nitrogen and oxygen atoms in total. The third-order valence-corrected chi connectivity index (χ3v) is 5.71. The molecule has 1 amide bonds. The van der Waals surface area contributed by atoms with Crippen molar-refractivity contribution in [2.24, 2.45) is 0 Å². The lowest BCUT2D eigenvalue weighted by Crippen LogP contribution is -2.44. The Hall–Kier alpha value is -3.35. The number of hydrogen-bond acceptors (Lipinski definition) is 5. The van der Waals surface area contributed by atoms with Crippen LogP contribution in [-0.2, 0) is 4.79 Å². The number of aromatic nitrogens is 3. The zero-order valence-corrected chi connectivity index (χ0v) is 16.3. The third-order valence-electron chi connectivity index (χ3n) is 5.71. The fourth-order valence-electron chi connectivity index (χ4n) is 4.39. The van der Waals surface area contributed by atoms with Crippen molar-refractivity contribution in [1.29, 1.82) is 0 Å². The van der Waals surface area contributed by atoms with Gasteiger partial charge in [-0.25, -0.2) is 4.98 Å². The first-order chi connectivity index (χ1) is 14.1. The number of aryl methyl sites for hydroxylation is 1. The van der Waals surface area contributed by atoms with Crippen LogP contribution in [0.3, 0.4) is 0 Å². The molecule has 3 aromatic rings. The maximum atomic E-state index is 12.7. The lowest BCUT2D eigenvalue weighted by molar-refractivity contribution is -0.121. The largest absolute Gasteiger partial charge is 0.482 e. The molecular formula is C22H23N5O2. The number of ether oxygens (including phenoxy) is 1. The number of nitrogens with one attached hydrogen (secondary N) is 1. The first-order valence-corrected chi connectivity index (χ1v) is 9.98. The Labute approximate surface area is 168 Å². The molecule has 2 aromatic heterocycles. The number of amides is 1. The van der Waals surface area contributed by atoms with Gasteiger partial charge in [0.2, 0.25) is 0 Å². The summed E-state index contributed by atoms with van der Waals surface area (Å²) in [6, 6.07) is 10.1. The van der Waals surface area contributed by atoms with Gasteiger partial charge in [-0.2, -0.15) is 0 Å². The Balaban J connectivity index is 1.61. The van der Waals surface area contributed by atoms with Gasteiger partial charge in [0.1, 0.15) is 5.75 Å². The molecule has 2 aliphatic rings. The number of nitrogens with zero attached hydrogens (tertiary/aromatic N) is 3. The zero-order chi connectivity index (χ0) is 20.0. The lowest BCUT2D eigenvalue weighted by Gasteiger charge is -2.34. The van der Waals surface area contributed by atoms with Gasteiger partial charge in [-0.1, -0.05) is 12.8 Å². The average Bonchev–Trinajstić information content (AvgIpc) is 3.37. The monoisotopic (exact) mass is 389 g/mol. The first kappa shape index (κ1) is 17.7. The van der Waals surface area contributed by atoms with E-state index in [2.05, 4.69) is 15.0 Å². The van der Waals surface area contributed by atoms with Gasteiger partial charge >= 0.3 is 0 Å². The van der Waals surface area contributed by atoms with E-state index < -0.39 is 0 Å². The summed E-state index contributed by atoms with van der Waals surface area (Å²) in [4.78, 5) is 26.6. The molecule has 5 rings (SSSR count). The van der Waals surface area contributed by atoms with E-state index in [0.717, 1.165) is 65.3 Å². The van der Waals surface area contributed by atoms with Crippen molar-refractivity contribution in [2.75, 3.05) is 17.2 Å². The second-order valence-electron chi connectivity index (χ2n) is 7.70. The van der Waals surface area contributed by atoms with E-state index in [4.69, 9.17) is 10.5 Å². The molecule has 7 heteroatoms. The smallest absolute Gasteiger partial charge is 0.265 e. The van der Waals surface area contributed by atoms with Crippen LogP contribution >= 0.6 is 0 Å². The average molecular weight is 389 g/mol. The number of nitrogen functional groups attached to an aromatic ring is 1. The maximum Gasteiger partial charge on any atom is 0.265 e. The fraction of sp³-hybridized carbons (Fsp3) is 0.318. The summed E-state index contributed by atoms with van der Waals surface area (Å²) >= 11 is 0. The molecule has 3 heterocycles. The van der Waals surface area contributed by atoms with Crippen LogP contribution in [0.25, 0.3) is 22.5 Å². The molecule has 1 aliphatic heterocycles. The molecule has 1 aliphatic carbocycles. The van der Waals surface area contributed by atoms with E-state index in [-0.39, 0.29) is 18.6 Å². The van der Waals surface area contributed by atoms with E-state index in [9.17, 15) is 4.79 Å². The van der Waals surface area contributed by atoms with Crippen LogP contribution < -0.4 is 15.4 Å². The van der Waals surface area contributed by atoms with Gasteiger partial charge in [0.15, 0.2) is 12.6 Å². The lowest BCUT2D eigenvalue weighted by atomic mass is 10.0. The number of pyridine rings is 1. The predicted octanol–water partition coefficient (Wildman–Crippen LogP) is 3.70. The summed E-state index contributed by atoms with van der Waals surface area (Å²) < 4.78 is 5.70. The van der Waals surface area contributed by atoms with Crippen molar-refractivity contribution in [3.63, 3.8) is 0 Å². The van der Waals surface area contributed by atoms with Crippen LogP contribution in [0.15, 0.2) is 36.5 Å². The Morgan fingerprint density at radius 1 is 1.17 bits per heavy atom. The molecule has 0 atom stereocenters. The van der Waals surface area contributed by atoms with Gasteiger partial charge in [-0.15, -0.1) is 0 Å². The molecule has 1 fully saturated rings. The molecule has 29 heavy (non-hydrogen) atoms.